The lowest BCUT2D eigenvalue weighted by Crippen LogP contribution is -2.19. The monoisotopic (exact) mass is 246 g/mol. The standard InChI is InChI=1S/C11H13F3N2O/c1-15-8-4-5-17-6-9-7(8)2-3-10(16-9)11(12,13)14/h2-3,8,15H,4-6H2,1H3. The average Bonchev–Trinajstić information content (AvgIpc) is 2.48. The number of hydrogen-bond donors (Lipinski definition) is 1. The Balaban J connectivity index is 2.41. The van der Waals surface area contributed by atoms with E-state index in [2.05, 4.69) is 10.3 Å². The minimum atomic E-state index is -4.41. The van der Waals surface area contributed by atoms with E-state index >= 15 is 0 Å². The maximum atomic E-state index is 12.5. The van der Waals surface area contributed by atoms with Crippen LogP contribution in [0.25, 0.3) is 0 Å². The molecule has 1 aliphatic heterocycles. The molecule has 0 fully saturated rings. The second-order valence-electron chi connectivity index (χ2n) is 3.91. The van der Waals surface area contributed by atoms with Gasteiger partial charge in [-0.15, -0.1) is 0 Å². The number of rotatable bonds is 1. The quantitative estimate of drug-likeness (QED) is 0.825. The van der Waals surface area contributed by atoms with Crippen molar-refractivity contribution in [2.75, 3.05) is 13.7 Å². The smallest absolute Gasteiger partial charge is 0.375 e. The van der Waals surface area contributed by atoms with Crippen LogP contribution in [-0.4, -0.2) is 18.6 Å². The molecule has 0 bridgehead atoms. The van der Waals surface area contributed by atoms with Crippen LogP contribution in [0.1, 0.15) is 29.4 Å². The van der Waals surface area contributed by atoms with E-state index < -0.39 is 11.9 Å². The van der Waals surface area contributed by atoms with E-state index in [0.717, 1.165) is 18.1 Å². The molecule has 0 aliphatic carbocycles. The third-order valence-corrected chi connectivity index (χ3v) is 2.81. The molecule has 3 nitrogen and oxygen atoms in total. The van der Waals surface area contributed by atoms with Gasteiger partial charge in [-0.1, -0.05) is 6.07 Å². The first-order valence-electron chi connectivity index (χ1n) is 5.34. The molecule has 1 aliphatic rings. The fourth-order valence-corrected chi connectivity index (χ4v) is 1.93. The lowest BCUT2D eigenvalue weighted by Gasteiger charge is -2.16. The van der Waals surface area contributed by atoms with Crippen LogP contribution in [-0.2, 0) is 17.5 Å². The number of pyridine rings is 1. The molecule has 1 unspecified atom stereocenters. The highest BCUT2D eigenvalue weighted by molar-refractivity contribution is 5.27. The molecule has 0 aromatic carbocycles. The summed E-state index contributed by atoms with van der Waals surface area (Å²) >= 11 is 0. The van der Waals surface area contributed by atoms with Gasteiger partial charge in [0.15, 0.2) is 0 Å². The zero-order valence-corrected chi connectivity index (χ0v) is 9.34. The van der Waals surface area contributed by atoms with Gasteiger partial charge in [0.25, 0.3) is 0 Å². The van der Waals surface area contributed by atoms with Crippen molar-refractivity contribution in [1.29, 1.82) is 0 Å². The molecule has 17 heavy (non-hydrogen) atoms. The Morgan fingerprint density at radius 3 is 2.82 bits per heavy atom. The highest BCUT2D eigenvalue weighted by atomic mass is 19.4. The van der Waals surface area contributed by atoms with E-state index in [0.29, 0.717) is 12.3 Å². The van der Waals surface area contributed by atoms with Crippen molar-refractivity contribution in [3.8, 4) is 0 Å². The van der Waals surface area contributed by atoms with Crippen molar-refractivity contribution in [2.24, 2.45) is 0 Å². The van der Waals surface area contributed by atoms with Gasteiger partial charge in [-0.2, -0.15) is 13.2 Å². The summed E-state index contributed by atoms with van der Waals surface area (Å²) in [6, 6.07) is 2.51. The molecular formula is C11H13F3N2O. The summed E-state index contributed by atoms with van der Waals surface area (Å²) in [6.07, 6.45) is -3.67. The zero-order valence-electron chi connectivity index (χ0n) is 9.34. The van der Waals surface area contributed by atoms with Crippen molar-refractivity contribution in [3.63, 3.8) is 0 Å². The van der Waals surface area contributed by atoms with Crippen molar-refractivity contribution in [3.05, 3.63) is 29.1 Å². The topological polar surface area (TPSA) is 34.1 Å². The molecule has 1 N–H and O–H groups in total. The molecular weight excluding hydrogens is 233 g/mol. The van der Waals surface area contributed by atoms with Crippen LogP contribution in [0.2, 0.25) is 0 Å². The Hall–Kier alpha value is -1.14. The van der Waals surface area contributed by atoms with E-state index in [4.69, 9.17) is 4.74 Å². The van der Waals surface area contributed by atoms with Crippen LogP contribution in [0.5, 0.6) is 0 Å². The van der Waals surface area contributed by atoms with Crippen LogP contribution in [0.4, 0.5) is 13.2 Å². The minimum absolute atomic E-state index is 0.00211. The van der Waals surface area contributed by atoms with Gasteiger partial charge in [-0.3, -0.25) is 0 Å². The van der Waals surface area contributed by atoms with Crippen molar-refractivity contribution < 1.29 is 17.9 Å². The van der Waals surface area contributed by atoms with Crippen LogP contribution in [0.3, 0.4) is 0 Å². The zero-order chi connectivity index (χ0) is 12.5. The van der Waals surface area contributed by atoms with Gasteiger partial charge < -0.3 is 10.1 Å². The van der Waals surface area contributed by atoms with E-state index in [1.807, 2.05) is 0 Å². The van der Waals surface area contributed by atoms with Gasteiger partial charge in [-0.05, 0) is 25.1 Å². The molecule has 0 spiro atoms. The van der Waals surface area contributed by atoms with E-state index in [9.17, 15) is 13.2 Å². The lowest BCUT2D eigenvalue weighted by atomic mass is 10.0. The van der Waals surface area contributed by atoms with Gasteiger partial charge in [0.1, 0.15) is 5.69 Å². The highest BCUT2D eigenvalue weighted by Crippen LogP contribution is 2.31. The molecule has 0 radical (unpaired) electrons. The van der Waals surface area contributed by atoms with Gasteiger partial charge >= 0.3 is 6.18 Å². The fraction of sp³-hybridized carbons (Fsp3) is 0.545. The minimum Gasteiger partial charge on any atom is -0.375 e. The molecule has 0 amide bonds. The summed E-state index contributed by atoms with van der Waals surface area (Å²) in [6.45, 7) is 0.653. The number of nitrogens with one attached hydrogen (secondary N) is 1. The van der Waals surface area contributed by atoms with E-state index in [-0.39, 0.29) is 12.6 Å². The Morgan fingerprint density at radius 2 is 2.18 bits per heavy atom. The summed E-state index contributed by atoms with van der Waals surface area (Å²) in [5.41, 5.74) is 0.297. The number of fused-ring (bicyclic) bond motifs is 1. The molecule has 1 aromatic heterocycles. The maximum absolute atomic E-state index is 12.5. The molecule has 0 saturated carbocycles. The molecule has 2 heterocycles. The third kappa shape index (κ3) is 2.58. The van der Waals surface area contributed by atoms with Crippen LogP contribution >= 0.6 is 0 Å². The normalized spacial score (nSPS) is 20.8. The van der Waals surface area contributed by atoms with E-state index in [1.165, 1.54) is 6.07 Å². The first-order chi connectivity index (χ1) is 8.02. The van der Waals surface area contributed by atoms with Gasteiger partial charge in [-0.25, -0.2) is 4.98 Å². The third-order valence-electron chi connectivity index (χ3n) is 2.81. The predicted molar refractivity (Wildman–Crippen MR) is 55.3 cm³/mol. The van der Waals surface area contributed by atoms with Crippen LogP contribution in [0, 0.1) is 0 Å². The van der Waals surface area contributed by atoms with Gasteiger partial charge in [0, 0.05) is 12.6 Å². The number of aromatic nitrogens is 1. The molecule has 1 aromatic rings. The number of halogens is 3. The first kappa shape index (κ1) is 12.3. The first-order valence-corrected chi connectivity index (χ1v) is 5.34. The highest BCUT2D eigenvalue weighted by Gasteiger charge is 2.33. The molecule has 0 saturated heterocycles. The summed E-state index contributed by atoms with van der Waals surface area (Å²) in [5, 5.41) is 3.06. The number of ether oxygens (including phenoxy) is 1. The van der Waals surface area contributed by atoms with Crippen molar-refractivity contribution in [1.82, 2.24) is 10.3 Å². The second-order valence-corrected chi connectivity index (χ2v) is 3.91. The largest absolute Gasteiger partial charge is 0.433 e. The summed E-state index contributed by atoms with van der Waals surface area (Å²) < 4.78 is 42.8. The molecule has 94 valence electrons. The predicted octanol–water partition coefficient (Wildman–Crippen LogP) is 2.28. The Labute approximate surface area is 97.0 Å². The summed E-state index contributed by atoms with van der Waals surface area (Å²) in [7, 11) is 1.78. The number of alkyl halides is 3. The van der Waals surface area contributed by atoms with Gasteiger partial charge in [0.2, 0.25) is 0 Å². The summed E-state index contributed by atoms with van der Waals surface area (Å²) in [4.78, 5) is 3.65. The Kier molecular flexibility index (Phi) is 3.35. The summed E-state index contributed by atoms with van der Waals surface area (Å²) in [5.74, 6) is 0. The molecule has 1 atom stereocenters. The van der Waals surface area contributed by atoms with Crippen molar-refractivity contribution in [2.45, 2.75) is 25.2 Å². The van der Waals surface area contributed by atoms with Gasteiger partial charge in [0.05, 0.1) is 12.3 Å². The second kappa shape index (κ2) is 4.62. The Bertz CT molecular complexity index is 406. The average molecular weight is 246 g/mol. The lowest BCUT2D eigenvalue weighted by molar-refractivity contribution is -0.141. The van der Waals surface area contributed by atoms with Crippen LogP contribution < -0.4 is 5.32 Å². The maximum Gasteiger partial charge on any atom is 0.433 e. The number of hydrogen-bond acceptors (Lipinski definition) is 3. The van der Waals surface area contributed by atoms with E-state index in [1.54, 1.807) is 7.05 Å². The number of nitrogens with zero attached hydrogens (tertiary/aromatic N) is 1. The molecule has 6 heteroatoms. The van der Waals surface area contributed by atoms with Crippen LogP contribution in [0.15, 0.2) is 12.1 Å². The Morgan fingerprint density at radius 1 is 1.41 bits per heavy atom. The fourth-order valence-electron chi connectivity index (χ4n) is 1.93. The SMILES string of the molecule is CNC1CCOCc2nc(C(F)(F)F)ccc21. The molecule has 2 rings (SSSR count). The van der Waals surface area contributed by atoms with Crippen molar-refractivity contribution >= 4 is 0 Å².